The molecule has 1 N–H and O–H groups in total. The number of carboxylic acids is 1. The molecule has 1 aromatic carbocycles. The van der Waals surface area contributed by atoms with Gasteiger partial charge < -0.3 is 9.67 Å². The molecule has 0 fully saturated rings. The molecule has 0 atom stereocenters. The number of nitriles is 1. The van der Waals surface area contributed by atoms with Gasteiger partial charge in [0.25, 0.3) is 0 Å². The van der Waals surface area contributed by atoms with Gasteiger partial charge in [-0.3, -0.25) is 0 Å². The summed E-state index contributed by atoms with van der Waals surface area (Å²) in [6.07, 6.45) is 3.08. The number of benzene rings is 1. The maximum atomic E-state index is 10.9. The van der Waals surface area contributed by atoms with Crippen LogP contribution in [0.3, 0.4) is 0 Å². The molecule has 5 heteroatoms. The smallest absolute Gasteiger partial charge is 0.346 e. The van der Waals surface area contributed by atoms with Gasteiger partial charge in [-0.1, -0.05) is 36.5 Å². The Morgan fingerprint density at radius 3 is 2.55 bits per heavy atom. The van der Waals surface area contributed by atoms with E-state index >= 15 is 0 Å². The minimum absolute atomic E-state index is 0.345. The molecule has 2 aromatic rings. The SMILES string of the molecule is N#C/C(=C\c1cccn(-c2ccccc2)c1=S)C(=O)O. The van der Waals surface area contributed by atoms with Gasteiger partial charge in [0.1, 0.15) is 16.3 Å². The standard InChI is InChI=1S/C15H10N2O2S/c16-10-12(15(18)19)9-11-5-4-8-17(14(11)20)13-6-2-1-3-7-13/h1-9H,(H,18,19)/b12-9+. The topological polar surface area (TPSA) is 66.0 Å². The van der Waals surface area contributed by atoms with Crippen LogP contribution in [-0.2, 0) is 4.79 Å². The first-order valence-corrected chi connectivity index (χ1v) is 6.16. The van der Waals surface area contributed by atoms with Crippen LogP contribution < -0.4 is 0 Å². The number of aliphatic carboxylic acids is 1. The maximum Gasteiger partial charge on any atom is 0.346 e. The predicted molar refractivity (Wildman–Crippen MR) is 77.8 cm³/mol. The van der Waals surface area contributed by atoms with Gasteiger partial charge in [-0.2, -0.15) is 5.26 Å². The van der Waals surface area contributed by atoms with Crippen molar-refractivity contribution in [3.05, 3.63) is 64.4 Å². The highest BCUT2D eigenvalue weighted by atomic mass is 32.1. The number of hydrogen-bond donors (Lipinski definition) is 1. The van der Waals surface area contributed by atoms with Crippen molar-refractivity contribution in [1.82, 2.24) is 4.57 Å². The van der Waals surface area contributed by atoms with Crippen LogP contribution >= 0.6 is 12.2 Å². The van der Waals surface area contributed by atoms with Gasteiger partial charge in [0, 0.05) is 17.4 Å². The first kappa shape index (κ1) is 13.7. The fraction of sp³-hybridized carbons (Fsp3) is 0. The van der Waals surface area contributed by atoms with E-state index in [9.17, 15) is 4.79 Å². The molecule has 0 aliphatic heterocycles. The van der Waals surface area contributed by atoms with Crippen molar-refractivity contribution in [3.8, 4) is 11.8 Å². The predicted octanol–water partition coefficient (Wildman–Crippen LogP) is 3.20. The minimum atomic E-state index is -1.27. The third-order valence-electron chi connectivity index (χ3n) is 2.66. The molecular formula is C15H10N2O2S. The highest BCUT2D eigenvalue weighted by molar-refractivity contribution is 7.71. The molecule has 1 aromatic heterocycles. The van der Waals surface area contributed by atoms with E-state index in [-0.39, 0.29) is 5.57 Å². The number of pyridine rings is 1. The van der Waals surface area contributed by atoms with E-state index in [0.717, 1.165) is 5.69 Å². The molecule has 0 bridgehead atoms. The molecule has 0 unspecified atom stereocenters. The summed E-state index contributed by atoms with van der Waals surface area (Å²) >= 11 is 5.34. The number of carboxylic acid groups (broad SMARTS) is 1. The third kappa shape index (κ3) is 2.82. The second-order valence-corrected chi connectivity index (χ2v) is 4.34. The van der Waals surface area contributed by atoms with Crippen molar-refractivity contribution in [2.24, 2.45) is 0 Å². The zero-order chi connectivity index (χ0) is 14.5. The summed E-state index contributed by atoms with van der Waals surface area (Å²) in [5.74, 6) is -1.27. The Balaban J connectivity index is 2.58. The first-order chi connectivity index (χ1) is 9.63. The highest BCUT2D eigenvalue weighted by Gasteiger charge is 2.07. The van der Waals surface area contributed by atoms with E-state index in [1.54, 1.807) is 29.0 Å². The van der Waals surface area contributed by atoms with Gasteiger partial charge in [-0.15, -0.1) is 0 Å². The third-order valence-corrected chi connectivity index (χ3v) is 3.09. The van der Waals surface area contributed by atoms with Gasteiger partial charge in [-0.05, 0) is 24.3 Å². The Kier molecular flexibility index (Phi) is 4.08. The molecule has 0 aliphatic rings. The van der Waals surface area contributed by atoms with E-state index in [2.05, 4.69) is 0 Å². The lowest BCUT2D eigenvalue weighted by molar-refractivity contribution is -0.132. The summed E-state index contributed by atoms with van der Waals surface area (Å²) in [6.45, 7) is 0. The first-order valence-electron chi connectivity index (χ1n) is 5.75. The van der Waals surface area contributed by atoms with E-state index in [1.165, 1.54) is 6.08 Å². The summed E-state index contributed by atoms with van der Waals surface area (Å²) in [5, 5.41) is 17.7. The molecule has 0 spiro atoms. The average molecular weight is 282 g/mol. The molecule has 0 aliphatic carbocycles. The molecule has 2 rings (SSSR count). The largest absolute Gasteiger partial charge is 0.477 e. The van der Waals surface area contributed by atoms with Gasteiger partial charge in [-0.25, -0.2) is 4.79 Å². The van der Waals surface area contributed by atoms with E-state index in [0.29, 0.717) is 10.2 Å². The van der Waals surface area contributed by atoms with E-state index in [4.69, 9.17) is 22.6 Å². The summed E-state index contributed by atoms with van der Waals surface area (Å²) in [4.78, 5) is 10.9. The Hall–Kier alpha value is -2.71. The lowest BCUT2D eigenvalue weighted by Crippen LogP contribution is -2.00. The quantitative estimate of drug-likeness (QED) is 0.533. The zero-order valence-electron chi connectivity index (χ0n) is 10.4. The van der Waals surface area contributed by atoms with Crippen LogP contribution in [0.2, 0.25) is 0 Å². The van der Waals surface area contributed by atoms with Crippen LogP contribution in [0.4, 0.5) is 0 Å². The number of aromatic nitrogens is 1. The molecule has 20 heavy (non-hydrogen) atoms. The molecule has 0 saturated heterocycles. The number of hydrogen-bond acceptors (Lipinski definition) is 3. The molecule has 98 valence electrons. The minimum Gasteiger partial charge on any atom is -0.477 e. The lowest BCUT2D eigenvalue weighted by atomic mass is 10.2. The molecular weight excluding hydrogens is 272 g/mol. The summed E-state index contributed by atoms with van der Waals surface area (Å²) in [7, 11) is 0. The number of para-hydroxylation sites is 1. The van der Waals surface area contributed by atoms with Crippen molar-refractivity contribution in [3.63, 3.8) is 0 Å². The van der Waals surface area contributed by atoms with Gasteiger partial charge in [0.15, 0.2) is 0 Å². The van der Waals surface area contributed by atoms with Crippen LogP contribution in [0.1, 0.15) is 5.56 Å². The van der Waals surface area contributed by atoms with Crippen molar-refractivity contribution >= 4 is 24.3 Å². The van der Waals surface area contributed by atoms with E-state index < -0.39 is 5.97 Å². The Morgan fingerprint density at radius 2 is 1.95 bits per heavy atom. The molecule has 4 nitrogen and oxygen atoms in total. The molecule has 0 radical (unpaired) electrons. The molecule has 0 amide bonds. The van der Waals surface area contributed by atoms with Gasteiger partial charge in [0.2, 0.25) is 0 Å². The zero-order valence-corrected chi connectivity index (χ0v) is 11.2. The van der Waals surface area contributed by atoms with Crippen LogP contribution in [0.5, 0.6) is 0 Å². The average Bonchev–Trinajstić information content (AvgIpc) is 2.46. The normalized spacial score (nSPS) is 10.8. The van der Waals surface area contributed by atoms with Crippen LogP contribution in [0.15, 0.2) is 54.2 Å². The maximum absolute atomic E-state index is 10.9. The highest BCUT2D eigenvalue weighted by Crippen LogP contribution is 2.14. The Labute approximate surface area is 120 Å². The molecule has 1 heterocycles. The molecule has 0 saturated carbocycles. The van der Waals surface area contributed by atoms with Crippen molar-refractivity contribution in [1.29, 1.82) is 5.26 Å². The van der Waals surface area contributed by atoms with Gasteiger partial charge >= 0.3 is 5.97 Å². The van der Waals surface area contributed by atoms with Crippen LogP contribution in [0, 0.1) is 16.0 Å². The monoisotopic (exact) mass is 282 g/mol. The van der Waals surface area contributed by atoms with Crippen LogP contribution in [-0.4, -0.2) is 15.6 Å². The van der Waals surface area contributed by atoms with Gasteiger partial charge in [0.05, 0.1) is 0 Å². The Bertz CT molecular complexity index is 770. The fourth-order valence-corrected chi connectivity index (χ4v) is 2.00. The van der Waals surface area contributed by atoms with E-state index in [1.807, 2.05) is 30.3 Å². The second kappa shape index (κ2) is 5.95. The lowest BCUT2D eigenvalue weighted by Gasteiger charge is -2.08. The fourth-order valence-electron chi connectivity index (χ4n) is 1.71. The summed E-state index contributed by atoms with van der Waals surface area (Å²) < 4.78 is 2.21. The Morgan fingerprint density at radius 1 is 1.25 bits per heavy atom. The van der Waals surface area contributed by atoms with Crippen molar-refractivity contribution in [2.45, 2.75) is 0 Å². The van der Waals surface area contributed by atoms with Crippen molar-refractivity contribution in [2.75, 3.05) is 0 Å². The summed E-state index contributed by atoms with van der Waals surface area (Å²) in [5.41, 5.74) is 1.05. The number of carbonyl (C=O) groups is 1. The van der Waals surface area contributed by atoms with Crippen LogP contribution in [0.25, 0.3) is 11.8 Å². The number of rotatable bonds is 3. The van der Waals surface area contributed by atoms with Crippen molar-refractivity contribution < 1.29 is 9.90 Å². The number of nitrogens with zero attached hydrogens (tertiary/aromatic N) is 2. The summed E-state index contributed by atoms with van der Waals surface area (Å²) in [6, 6.07) is 14.5. The second-order valence-electron chi connectivity index (χ2n) is 3.95.